The van der Waals surface area contributed by atoms with Crippen molar-refractivity contribution in [3.63, 3.8) is 0 Å². The van der Waals surface area contributed by atoms with Crippen molar-refractivity contribution < 1.29 is 9.59 Å². The number of imide groups is 1. The largest absolute Gasteiger partial charge is 0.375 e. The van der Waals surface area contributed by atoms with Crippen LogP contribution < -0.4 is 16.4 Å². The quantitative estimate of drug-likeness (QED) is 0.699. The summed E-state index contributed by atoms with van der Waals surface area (Å²) in [7, 11) is 0. The Bertz CT molecular complexity index is 869. The van der Waals surface area contributed by atoms with Gasteiger partial charge in [0.1, 0.15) is 0 Å². The van der Waals surface area contributed by atoms with E-state index in [-0.39, 0.29) is 29.3 Å². The van der Waals surface area contributed by atoms with E-state index >= 15 is 0 Å². The highest BCUT2D eigenvalue weighted by atomic mass is 32.1. The highest BCUT2D eigenvalue weighted by molar-refractivity contribution is 7.13. The van der Waals surface area contributed by atoms with Gasteiger partial charge in [-0.15, -0.1) is 11.3 Å². The van der Waals surface area contributed by atoms with Crippen molar-refractivity contribution in [3.8, 4) is 0 Å². The van der Waals surface area contributed by atoms with E-state index in [1.165, 1.54) is 16.2 Å². The van der Waals surface area contributed by atoms with Gasteiger partial charge in [0.25, 0.3) is 11.8 Å². The van der Waals surface area contributed by atoms with Gasteiger partial charge in [-0.25, -0.2) is 4.98 Å². The Morgan fingerprint density at radius 1 is 1.19 bits per heavy atom. The van der Waals surface area contributed by atoms with Crippen LogP contribution in [0.15, 0.2) is 29.6 Å². The molecule has 0 radical (unpaired) electrons. The summed E-state index contributed by atoms with van der Waals surface area (Å²) >= 11 is 1.42. The number of fused-ring (bicyclic) bond motifs is 1. The molecule has 1 saturated carbocycles. The average Bonchev–Trinajstić information content (AvgIpc) is 2.91. The van der Waals surface area contributed by atoms with Crippen molar-refractivity contribution in [3.05, 3.63) is 46.5 Å². The summed E-state index contributed by atoms with van der Waals surface area (Å²) in [6.07, 6.45) is 1.05. The second kappa shape index (κ2) is 5.60. The van der Waals surface area contributed by atoms with E-state index in [0.29, 0.717) is 22.8 Å². The van der Waals surface area contributed by atoms with E-state index in [9.17, 15) is 9.59 Å². The fourth-order valence-corrected chi connectivity index (χ4v) is 5.02. The van der Waals surface area contributed by atoms with Gasteiger partial charge in [0, 0.05) is 23.8 Å². The molecule has 0 bridgehead atoms. The number of nitrogens with two attached hydrogens (primary N) is 1. The van der Waals surface area contributed by atoms with Gasteiger partial charge in [-0.2, -0.15) is 0 Å². The third-order valence-electron chi connectivity index (χ3n) is 5.67. The van der Waals surface area contributed by atoms with Crippen molar-refractivity contribution in [2.45, 2.75) is 18.0 Å². The van der Waals surface area contributed by atoms with Crippen LogP contribution in [0.4, 0.5) is 5.13 Å². The molecule has 1 aromatic heterocycles. The van der Waals surface area contributed by atoms with Gasteiger partial charge in [-0.3, -0.25) is 25.1 Å². The number of amides is 2. The predicted molar refractivity (Wildman–Crippen MR) is 97.9 cm³/mol. The van der Waals surface area contributed by atoms with Crippen LogP contribution in [-0.2, 0) is 0 Å². The molecule has 2 fully saturated rings. The molecule has 134 valence electrons. The molecule has 1 aliphatic carbocycles. The topological polar surface area (TPSA) is 100 Å². The zero-order valence-corrected chi connectivity index (χ0v) is 14.9. The summed E-state index contributed by atoms with van der Waals surface area (Å²) in [6.45, 7) is 2.18. The lowest BCUT2D eigenvalue weighted by Crippen LogP contribution is -2.54. The van der Waals surface area contributed by atoms with Crippen molar-refractivity contribution in [2.24, 2.45) is 5.92 Å². The molecule has 2 amide bonds. The molecular weight excluding hydrogens is 350 g/mol. The van der Waals surface area contributed by atoms with Gasteiger partial charge in [-0.1, -0.05) is 12.1 Å². The van der Waals surface area contributed by atoms with Crippen LogP contribution >= 0.6 is 11.3 Å². The lowest BCUT2D eigenvalue weighted by Gasteiger charge is -2.28. The molecule has 8 heteroatoms. The molecule has 4 N–H and O–H groups in total. The molecule has 3 aliphatic rings. The molecule has 3 heterocycles. The van der Waals surface area contributed by atoms with Crippen LogP contribution in [0, 0.1) is 5.92 Å². The molecule has 1 aromatic carbocycles. The van der Waals surface area contributed by atoms with Gasteiger partial charge in [0.15, 0.2) is 5.13 Å². The van der Waals surface area contributed by atoms with Crippen molar-refractivity contribution in [1.82, 2.24) is 20.5 Å². The molecule has 26 heavy (non-hydrogen) atoms. The number of hydrogen-bond donors (Lipinski definition) is 3. The van der Waals surface area contributed by atoms with Crippen molar-refractivity contribution >= 4 is 28.3 Å². The predicted octanol–water partition coefficient (Wildman–Crippen LogP) is 1.01. The average molecular weight is 369 g/mol. The minimum atomic E-state index is -0.311. The molecule has 1 spiro atoms. The number of nitrogens with one attached hydrogen (secondary N) is 2. The molecule has 2 aromatic rings. The number of anilines is 1. The summed E-state index contributed by atoms with van der Waals surface area (Å²) < 4.78 is 0. The summed E-state index contributed by atoms with van der Waals surface area (Å²) in [5.74, 6) is -0.243. The van der Waals surface area contributed by atoms with Crippen molar-refractivity contribution in [1.29, 1.82) is 0 Å². The Balaban J connectivity index is 1.44. The van der Waals surface area contributed by atoms with Gasteiger partial charge in [-0.05, 0) is 31.6 Å². The Hall–Kier alpha value is -2.29. The maximum Gasteiger partial charge on any atom is 0.261 e. The summed E-state index contributed by atoms with van der Waals surface area (Å²) in [5.41, 5.74) is 7.42. The lowest BCUT2D eigenvalue weighted by atomic mass is 10.1. The molecule has 2 unspecified atom stereocenters. The first-order valence-corrected chi connectivity index (χ1v) is 9.66. The number of carbonyl (C=O) groups excluding carboxylic acids is 2. The van der Waals surface area contributed by atoms with Gasteiger partial charge in [0.2, 0.25) is 0 Å². The van der Waals surface area contributed by atoms with E-state index in [1.54, 1.807) is 24.3 Å². The van der Waals surface area contributed by atoms with Crippen LogP contribution in [-0.4, -0.2) is 47.0 Å². The minimum absolute atomic E-state index is 0.0755. The smallest absolute Gasteiger partial charge is 0.261 e. The van der Waals surface area contributed by atoms with Crippen LogP contribution in [0.5, 0.6) is 0 Å². The van der Waals surface area contributed by atoms with Crippen LogP contribution in [0.25, 0.3) is 0 Å². The van der Waals surface area contributed by atoms with Crippen molar-refractivity contribution in [2.75, 3.05) is 25.4 Å². The second-order valence-corrected chi connectivity index (χ2v) is 7.93. The number of nitrogens with zero attached hydrogens (tertiary/aromatic N) is 2. The highest BCUT2D eigenvalue weighted by Gasteiger charge is 2.67. The Labute approximate surface area is 154 Å². The summed E-state index contributed by atoms with van der Waals surface area (Å²) in [5, 5.41) is 9.64. The molecule has 2 aliphatic heterocycles. The Kier molecular flexibility index (Phi) is 3.43. The highest BCUT2D eigenvalue weighted by Crippen LogP contribution is 2.57. The first kappa shape index (κ1) is 15.9. The van der Waals surface area contributed by atoms with E-state index < -0.39 is 0 Å². The zero-order chi connectivity index (χ0) is 17.9. The van der Waals surface area contributed by atoms with E-state index in [1.807, 2.05) is 5.38 Å². The first-order chi connectivity index (χ1) is 12.6. The normalized spacial score (nSPS) is 26.4. The number of thiazole rings is 1. The van der Waals surface area contributed by atoms with E-state index in [4.69, 9.17) is 5.73 Å². The molecule has 2 atom stereocenters. The fourth-order valence-electron chi connectivity index (χ4n) is 4.42. The molecular formula is C18H19N5O2S. The number of benzene rings is 1. The van der Waals surface area contributed by atoms with Crippen LogP contribution in [0.3, 0.4) is 0 Å². The van der Waals surface area contributed by atoms with E-state index in [0.717, 1.165) is 25.2 Å². The van der Waals surface area contributed by atoms with Gasteiger partial charge < -0.3 is 5.73 Å². The monoisotopic (exact) mass is 369 g/mol. The third kappa shape index (κ3) is 2.16. The first-order valence-electron chi connectivity index (χ1n) is 8.78. The maximum atomic E-state index is 12.7. The van der Waals surface area contributed by atoms with Crippen LogP contribution in [0.1, 0.15) is 38.7 Å². The number of carbonyl (C=O) groups is 2. The van der Waals surface area contributed by atoms with Crippen LogP contribution in [0.2, 0.25) is 0 Å². The maximum absolute atomic E-state index is 12.7. The van der Waals surface area contributed by atoms with E-state index in [2.05, 4.69) is 15.6 Å². The van der Waals surface area contributed by atoms with Gasteiger partial charge >= 0.3 is 0 Å². The number of hydrogen-bond acceptors (Lipinski definition) is 7. The standard InChI is InChI=1S/C18H19N5O2S/c19-17-22-13(9-26-17)14-12(18(14)20-6-3-7-21-18)8-23-15(24)10-4-1-2-5-11(10)16(23)25/h1-2,4-5,9,12,14,20-21H,3,6-8H2,(H2,19,22). The lowest BCUT2D eigenvalue weighted by molar-refractivity contribution is 0.0639. The molecule has 5 rings (SSSR count). The second-order valence-electron chi connectivity index (χ2n) is 7.04. The SMILES string of the molecule is Nc1nc(C2C(CN3C(=O)c4ccccc4C3=O)C23NCCCN3)cs1. The summed E-state index contributed by atoms with van der Waals surface area (Å²) in [4.78, 5) is 31.3. The number of rotatable bonds is 3. The zero-order valence-electron chi connectivity index (χ0n) is 14.1. The van der Waals surface area contributed by atoms with Gasteiger partial charge in [0.05, 0.1) is 22.5 Å². The fraction of sp³-hybridized carbons (Fsp3) is 0.389. The summed E-state index contributed by atoms with van der Waals surface area (Å²) in [6, 6.07) is 7.01. The number of nitrogen functional groups attached to an aromatic ring is 1. The number of aromatic nitrogens is 1. The third-order valence-corrected chi connectivity index (χ3v) is 6.37. The Morgan fingerprint density at radius 2 is 1.85 bits per heavy atom. The Morgan fingerprint density at radius 3 is 2.42 bits per heavy atom. The molecule has 1 saturated heterocycles. The minimum Gasteiger partial charge on any atom is -0.375 e. The molecule has 7 nitrogen and oxygen atoms in total.